The fourth-order valence-corrected chi connectivity index (χ4v) is 2.18. The van der Waals surface area contributed by atoms with Gasteiger partial charge in [-0.3, -0.25) is 0 Å². The minimum absolute atomic E-state index is 0.348. The largest absolute Gasteiger partial charge is 0.419 e. The molecule has 0 amide bonds. The lowest BCUT2D eigenvalue weighted by atomic mass is 9.86. The first-order chi connectivity index (χ1) is 9.51. The van der Waals surface area contributed by atoms with E-state index in [0.717, 1.165) is 12.1 Å². The van der Waals surface area contributed by atoms with Gasteiger partial charge in [-0.2, -0.15) is 13.2 Å². The van der Waals surface area contributed by atoms with Crippen molar-refractivity contribution in [1.82, 2.24) is 10.2 Å². The van der Waals surface area contributed by atoms with Crippen molar-refractivity contribution in [3.05, 3.63) is 35.1 Å². The Morgan fingerprint density at radius 2 is 1.76 bits per heavy atom. The Morgan fingerprint density at radius 3 is 2.19 bits per heavy atom. The summed E-state index contributed by atoms with van der Waals surface area (Å²) in [5, 5.41) is 3.19. The lowest BCUT2D eigenvalue weighted by Gasteiger charge is -2.41. The molecule has 0 aliphatic carbocycles. The molecular weight excluding hydrogens is 284 g/mol. The van der Waals surface area contributed by atoms with Gasteiger partial charge in [0.2, 0.25) is 0 Å². The fraction of sp³-hybridized carbons (Fsp3) is 0.600. The van der Waals surface area contributed by atoms with E-state index in [4.69, 9.17) is 0 Å². The van der Waals surface area contributed by atoms with E-state index in [1.807, 2.05) is 39.8 Å². The maximum atomic E-state index is 13.4. The first-order valence-corrected chi connectivity index (χ1v) is 6.79. The lowest BCUT2D eigenvalue weighted by molar-refractivity contribution is -0.140. The second kappa shape index (κ2) is 6.32. The summed E-state index contributed by atoms with van der Waals surface area (Å²) in [6.07, 6.45) is -4.70. The van der Waals surface area contributed by atoms with Crippen LogP contribution in [-0.2, 0) is 6.18 Å². The molecule has 0 aromatic heterocycles. The minimum atomic E-state index is -4.70. The Bertz CT molecular complexity index is 481. The van der Waals surface area contributed by atoms with Crippen molar-refractivity contribution < 1.29 is 17.6 Å². The maximum Gasteiger partial charge on any atom is 0.419 e. The predicted octanol–water partition coefficient (Wildman–Crippen LogP) is 3.84. The van der Waals surface area contributed by atoms with Gasteiger partial charge >= 0.3 is 6.18 Å². The van der Waals surface area contributed by atoms with Crippen LogP contribution in [0.15, 0.2) is 18.2 Å². The molecule has 1 unspecified atom stereocenters. The third-order valence-electron chi connectivity index (χ3n) is 3.90. The van der Waals surface area contributed by atoms with Crippen molar-refractivity contribution in [3.63, 3.8) is 0 Å². The molecule has 0 saturated carbocycles. The van der Waals surface area contributed by atoms with E-state index in [0.29, 0.717) is 12.1 Å². The molecule has 0 aliphatic rings. The molecule has 0 heterocycles. The molecule has 0 aliphatic heterocycles. The summed E-state index contributed by atoms with van der Waals surface area (Å²) in [5.41, 5.74) is -1.24. The van der Waals surface area contributed by atoms with Gasteiger partial charge in [0, 0.05) is 5.54 Å². The Balaban J connectivity index is 3.34. The average Bonchev–Trinajstić information content (AvgIpc) is 2.35. The van der Waals surface area contributed by atoms with Crippen LogP contribution in [0.1, 0.15) is 37.9 Å². The molecule has 2 nitrogen and oxygen atoms in total. The van der Waals surface area contributed by atoms with E-state index in [1.165, 1.54) is 6.07 Å². The smallest absolute Gasteiger partial charge is 0.309 e. The molecule has 0 fully saturated rings. The summed E-state index contributed by atoms with van der Waals surface area (Å²) >= 11 is 0. The van der Waals surface area contributed by atoms with Gasteiger partial charge in [0.15, 0.2) is 0 Å². The van der Waals surface area contributed by atoms with Gasteiger partial charge in [-0.15, -0.1) is 0 Å². The number of likely N-dealkylation sites (N-methyl/N-ethyl adjacent to an activating group) is 2. The number of nitrogens with zero attached hydrogens (tertiary/aromatic N) is 1. The van der Waals surface area contributed by atoms with Crippen LogP contribution in [0.2, 0.25) is 0 Å². The van der Waals surface area contributed by atoms with Crippen LogP contribution in [0, 0.1) is 5.82 Å². The zero-order valence-corrected chi connectivity index (χ0v) is 13.0. The Hall–Kier alpha value is -1.14. The van der Waals surface area contributed by atoms with E-state index in [-0.39, 0.29) is 6.04 Å². The van der Waals surface area contributed by atoms with Crippen molar-refractivity contribution >= 4 is 0 Å². The molecule has 0 bridgehead atoms. The van der Waals surface area contributed by atoms with Crippen LogP contribution in [0.4, 0.5) is 17.6 Å². The predicted molar refractivity (Wildman–Crippen MR) is 75.6 cm³/mol. The van der Waals surface area contributed by atoms with Crippen molar-refractivity contribution in [1.29, 1.82) is 0 Å². The van der Waals surface area contributed by atoms with Crippen LogP contribution in [-0.4, -0.2) is 31.1 Å². The average molecular weight is 306 g/mol. The lowest BCUT2D eigenvalue weighted by Crippen LogP contribution is -2.49. The highest BCUT2D eigenvalue weighted by Gasteiger charge is 2.37. The zero-order chi connectivity index (χ0) is 16.4. The number of hydrogen-bond acceptors (Lipinski definition) is 2. The van der Waals surface area contributed by atoms with Crippen LogP contribution in [0.25, 0.3) is 0 Å². The summed E-state index contributed by atoms with van der Waals surface area (Å²) in [7, 11) is 3.72. The summed E-state index contributed by atoms with van der Waals surface area (Å²) in [5.74, 6) is -1.25. The summed E-state index contributed by atoms with van der Waals surface area (Å²) in [4.78, 5) is 1.93. The molecule has 1 rings (SSSR count). The molecule has 0 saturated heterocycles. The Labute approximate surface area is 123 Å². The highest BCUT2D eigenvalue weighted by Crippen LogP contribution is 2.36. The fourth-order valence-electron chi connectivity index (χ4n) is 2.18. The maximum absolute atomic E-state index is 13.4. The van der Waals surface area contributed by atoms with Gasteiger partial charge in [0.25, 0.3) is 0 Å². The topological polar surface area (TPSA) is 15.3 Å². The second-order valence-electron chi connectivity index (χ2n) is 5.78. The Kier molecular flexibility index (Phi) is 5.39. The van der Waals surface area contributed by atoms with E-state index in [9.17, 15) is 17.6 Å². The van der Waals surface area contributed by atoms with Gasteiger partial charge in [-0.25, -0.2) is 4.39 Å². The van der Waals surface area contributed by atoms with Crippen LogP contribution in [0.3, 0.4) is 0 Å². The van der Waals surface area contributed by atoms with Crippen LogP contribution >= 0.6 is 0 Å². The van der Waals surface area contributed by atoms with Crippen molar-refractivity contribution in [2.24, 2.45) is 0 Å². The van der Waals surface area contributed by atoms with Crippen molar-refractivity contribution in [3.8, 4) is 0 Å². The molecule has 0 radical (unpaired) electrons. The van der Waals surface area contributed by atoms with Gasteiger partial charge < -0.3 is 10.2 Å². The summed E-state index contributed by atoms with van der Waals surface area (Å²) < 4.78 is 52.0. The molecule has 1 N–H and O–H groups in total. The summed E-state index contributed by atoms with van der Waals surface area (Å²) in [6, 6.07) is 2.84. The van der Waals surface area contributed by atoms with Crippen molar-refractivity contribution in [2.75, 3.05) is 20.6 Å². The standard InChI is InChI=1S/C15H22F4N2/c1-6-20-13(14(2,3)21(4)5)10-7-8-12(16)11(9-10)15(17,18)19/h7-9,13,20H,6H2,1-5H3. The van der Waals surface area contributed by atoms with Crippen LogP contribution < -0.4 is 5.32 Å². The van der Waals surface area contributed by atoms with E-state index < -0.39 is 23.1 Å². The molecule has 6 heteroatoms. The first kappa shape index (κ1) is 17.9. The molecule has 21 heavy (non-hydrogen) atoms. The van der Waals surface area contributed by atoms with Gasteiger partial charge in [0.1, 0.15) is 5.82 Å². The zero-order valence-electron chi connectivity index (χ0n) is 13.0. The third kappa shape index (κ3) is 3.95. The summed E-state index contributed by atoms with van der Waals surface area (Å²) in [6.45, 7) is 6.33. The number of hydrogen-bond donors (Lipinski definition) is 1. The highest BCUT2D eigenvalue weighted by molar-refractivity contribution is 5.31. The minimum Gasteiger partial charge on any atom is -0.309 e. The molecule has 1 aromatic rings. The molecule has 120 valence electrons. The normalized spacial score (nSPS) is 14.6. The highest BCUT2D eigenvalue weighted by atomic mass is 19.4. The van der Waals surface area contributed by atoms with Gasteiger partial charge in [-0.05, 0) is 52.2 Å². The van der Waals surface area contributed by atoms with E-state index >= 15 is 0 Å². The monoisotopic (exact) mass is 306 g/mol. The van der Waals surface area contributed by atoms with E-state index in [1.54, 1.807) is 0 Å². The number of halogens is 4. The van der Waals surface area contributed by atoms with Gasteiger partial charge in [0.05, 0.1) is 11.6 Å². The second-order valence-corrected chi connectivity index (χ2v) is 5.78. The number of rotatable bonds is 5. The van der Waals surface area contributed by atoms with Gasteiger partial charge in [-0.1, -0.05) is 13.0 Å². The molecule has 1 atom stereocenters. The first-order valence-electron chi connectivity index (χ1n) is 6.79. The Morgan fingerprint density at radius 1 is 1.19 bits per heavy atom. The van der Waals surface area contributed by atoms with Crippen LogP contribution in [0.5, 0.6) is 0 Å². The van der Waals surface area contributed by atoms with E-state index in [2.05, 4.69) is 5.32 Å². The van der Waals surface area contributed by atoms with Crippen molar-refractivity contribution in [2.45, 2.75) is 38.5 Å². The number of alkyl halides is 3. The number of benzene rings is 1. The SMILES string of the molecule is CCNC(c1ccc(F)c(C(F)(F)F)c1)C(C)(C)N(C)C. The quantitative estimate of drug-likeness (QED) is 0.832. The molecule has 0 spiro atoms. The third-order valence-corrected chi connectivity index (χ3v) is 3.90. The molecule has 1 aromatic carbocycles. The number of nitrogens with one attached hydrogen (secondary N) is 1. The molecular formula is C15H22F4N2.